The van der Waals surface area contributed by atoms with Gasteiger partial charge in [-0.1, -0.05) is 32.4 Å². The lowest BCUT2D eigenvalue weighted by atomic mass is 9.72. The third-order valence-corrected chi connectivity index (χ3v) is 6.57. The van der Waals surface area contributed by atoms with Crippen LogP contribution in [0.25, 0.3) is 0 Å². The Labute approximate surface area is 170 Å². The number of fused-ring (bicyclic) bond motifs is 1. The topological polar surface area (TPSA) is 45.4 Å². The van der Waals surface area contributed by atoms with Crippen molar-refractivity contribution in [3.8, 4) is 11.8 Å². The fourth-order valence-electron chi connectivity index (χ4n) is 3.55. The van der Waals surface area contributed by atoms with Crippen LogP contribution in [-0.2, 0) is 12.8 Å². The van der Waals surface area contributed by atoms with Crippen molar-refractivity contribution in [1.29, 1.82) is 5.26 Å². The molecule has 5 heteroatoms. The summed E-state index contributed by atoms with van der Waals surface area (Å²) < 4.78 is 5.66. The van der Waals surface area contributed by atoms with Gasteiger partial charge in [-0.3, -0.25) is 0 Å². The first kappa shape index (κ1) is 19.9. The van der Waals surface area contributed by atoms with Crippen LogP contribution in [0.2, 0.25) is 5.02 Å². The maximum atomic E-state index is 9.71. The van der Waals surface area contributed by atoms with Crippen molar-refractivity contribution in [3.63, 3.8) is 0 Å². The number of nitriles is 1. The molecule has 0 bridgehead atoms. The van der Waals surface area contributed by atoms with E-state index < -0.39 is 0 Å². The molecule has 0 unspecified atom stereocenters. The molecule has 1 aliphatic carbocycles. The van der Waals surface area contributed by atoms with E-state index in [1.807, 2.05) is 19.1 Å². The zero-order valence-electron chi connectivity index (χ0n) is 16.3. The molecule has 0 aliphatic heterocycles. The predicted octanol–water partition coefficient (Wildman–Crippen LogP) is 6.57. The minimum absolute atomic E-state index is 0.283. The maximum absolute atomic E-state index is 9.71. The number of nitrogens with zero attached hydrogens (tertiary/aromatic N) is 2. The summed E-state index contributed by atoms with van der Waals surface area (Å²) in [5.41, 5.74) is 3.04. The molecule has 1 aliphatic rings. The van der Waals surface area contributed by atoms with Crippen molar-refractivity contribution in [1.82, 2.24) is 0 Å². The molecule has 0 spiro atoms. The van der Waals surface area contributed by atoms with E-state index >= 15 is 0 Å². The first-order valence-electron chi connectivity index (χ1n) is 9.34. The number of rotatable bonds is 4. The minimum Gasteiger partial charge on any atom is -0.493 e. The lowest BCUT2D eigenvalue weighted by Gasteiger charge is -2.33. The molecule has 1 aromatic heterocycles. The molecule has 2 aromatic rings. The van der Waals surface area contributed by atoms with Crippen LogP contribution < -0.4 is 4.74 Å². The average Bonchev–Trinajstić information content (AvgIpc) is 2.98. The van der Waals surface area contributed by atoms with Crippen LogP contribution in [-0.4, -0.2) is 12.8 Å². The van der Waals surface area contributed by atoms with Gasteiger partial charge >= 0.3 is 0 Å². The standard InChI is InChI=1S/C22H25ClN2OS/c1-5-26-19-9-7-16(23)10-14(19)13-25-21-18(12-24)17-8-6-15(22(2,3)4)11-20(17)27-21/h7,9-10,13,15H,5-6,8,11H2,1-4H3/t15-/m0/s1. The van der Waals surface area contributed by atoms with Gasteiger partial charge in [0.2, 0.25) is 0 Å². The molecule has 142 valence electrons. The highest BCUT2D eigenvalue weighted by Gasteiger charge is 2.32. The van der Waals surface area contributed by atoms with Crippen molar-refractivity contribution in [2.24, 2.45) is 16.3 Å². The summed E-state index contributed by atoms with van der Waals surface area (Å²) in [6.45, 7) is 9.43. The Morgan fingerprint density at radius 3 is 2.85 bits per heavy atom. The Morgan fingerprint density at radius 2 is 2.19 bits per heavy atom. The van der Waals surface area contributed by atoms with E-state index in [0.29, 0.717) is 17.5 Å². The van der Waals surface area contributed by atoms with Gasteiger partial charge in [0, 0.05) is 21.7 Å². The van der Waals surface area contributed by atoms with Gasteiger partial charge in [0.1, 0.15) is 16.8 Å². The van der Waals surface area contributed by atoms with E-state index in [0.717, 1.165) is 41.1 Å². The second-order valence-electron chi connectivity index (χ2n) is 7.97. The summed E-state index contributed by atoms with van der Waals surface area (Å²) in [7, 11) is 0. The van der Waals surface area contributed by atoms with Gasteiger partial charge in [-0.2, -0.15) is 5.26 Å². The van der Waals surface area contributed by atoms with Crippen LogP contribution in [0.4, 0.5) is 5.00 Å². The Hall–Kier alpha value is -1.83. The Kier molecular flexibility index (Phi) is 5.93. The quantitative estimate of drug-likeness (QED) is 0.544. The highest BCUT2D eigenvalue weighted by atomic mass is 35.5. The summed E-state index contributed by atoms with van der Waals surface area (Å²) in [5.74, 6) is 1.39. The summed E-state index contributed by atoms with van der Waals surface area (Å²) in [6.07, 6.45) is 4.90. The zero-order valence-corrected chi connectivity index (χ0v) is 17.9. The van der Waals surface area contributed by atoms with Crippen LogP contribution in [0.1, 0.15) is 55.7 Å². The first-order chi connectivity index (χ1) is 12.8. The molecular weight excluding hydrogens is 376 g/mol. The molecule has 3 rings (SSSR count). The van der Waals surface area contributed by atoms with Crippen molar-refractivity contribution >= 4 is 34.2 Å². The second kappa shape index (κ2) is 8.04. The molecular formula is C22H25ClN2OS. The fraction of sp³-hybridized carbons (Fsp3) is 0.455. The smallest absolute Gasteiger partial charge is 0.134 e. The molecule has 3 nitrogen and oxygen atoms in total. The lowest BCUT2D eigenvalue weighted by Crippen LogP contribution is -2.26. The zero-order chi connectivity index (χ0) is 19.6. The van der Waals surface area contributed by atoms with Crippen molar-refractivity contribution in [2.75, 3.05) is 6.61 Å². The highest BCUT2D eigenvalue weighted by molar-refractivity contribution is 7.16. The second-order valence-corrected chi connectivity index (χ2v) is 9.49. The number of ether oxygens (including phenoxy) is 1. The van der Waals surface area contributed by atoms with Crippen molar-refractivity contribution in [2.45, 2.75) is 47.0 Å². The molecule has 1 atom stereocenters. The molecule has 1 heterocycles. The van der Waals surface area contributed by atoms with Crippen molar-refractivity contribution in [3.05, 3.63) is 44.8 Å². The monoisotopic (exact) mass is 400 g/mol. The number of hydrogen-bond acceptors (Lipinski definition) is 4. The fourth-order valence-corrected chi connectivity index (χ4v) is 4.95. The summed E-state index contributed by atoms with van der Waals surface area (Å²) in [5, 5.41) is 11.1. The van der Waals surface area contributed by atoms with E-state index in [4.69, 9.17) is 16.3 Å². The van der Waals surface area contributed by atoms with Gasteiger partial charge in [-0.25, -0.2) is 4.99 Å². The number of benzene rings is 1. The number of thiophene rings is 1. The number of hydrogen-bond donors (Lipinski definition) is 0. The lowest BCUT2D eigenvalue weighted by molar-refractivity contribution is 0.218. The third kappa shape index (κ3) is 4.36. The van der Waals surface area contributed by atoms with Crippen LogP contribution in [0, 0.1) is 22.7 Å². The Morgan fingerprint density at radius 1 is 1.41 bits per heavy atom. The molecule has 0 radical (unpaired) electrons. The SMILES string of the molecule is CCOc1ccc(Cl)cc1C=Nc1sc2c(c1C#N)CC[C@H](C(C)(C)C)C2. The third-order valence-electron chi connectivity index (χ3n) is 5.18. The Balaban J connectivity index is 1.93. The van der Waals surface area contributed by atoms with E-state index in [1.54, 1.807) is 23.6 Å². The van der Waals surface area contributed by atoms with Gasteiger partial charge in [0.05, 0.1) is 12.2 Å². The van der Waals surface area contributed by atoms with E-state index in [1.165, 1.54) is 10.4 Å². The van der Waals surface area contributed by atoms with Crippen LogP contribution in [0.3, 0.4) is 0 Å². The van der Waals surface area contributed by atoms with Gasteiger partial charge in [0.15, 0.2) is 0 Å². The predicted molar refractivity (Wildman–Crippen MR) is 114 cm³/mol. The molecule has 0 saturated heterocycles. The number of halogens is 1. The van der Waals surface area contributed by atoms with Gasteiger partial charge < -0.3 is 4.74 Å². The molecule has 27 heavy (non-hydrogen) atoms. The van der Waals surface area contributed by atoms with Crippen molar-refractivity contribution < 1.29 is 4.74 Å². The first-order valence-corrected chi connectivity index (χ1v) is 10.5. The van der Waals surface area contributed by atoms with E-state index in [2.05, 4.69) is 31.8 Å². The minimum atomic E-state index is 0.283. The summed E-state index contributed by atoms with van der Waals surface area (Å²) in [4.78, 5) is 5.98. The number of aliphatic imine (C=N–C) groups is 1. The van der Waals surface area contributed by atoms with Crippen LogP contribution in [0.15, 0.2) is 23.2 Å². The maximum Gasteiger partial charge on any atom is 0.134 e. The largest absolute Gasteiger partial charge is 0.493 e. The van der Waals surface area contributed by atoms with E-state index in [-0.39, 0.29) is 5.41 Å². The normalized spacial score (nSPS) is 17.0. The van der Waals surface area contributed by atoms with Gasteiger partial charge in [-0.05, 0) is 61.3 Å². The highest BCUT2D eigenvalue weighted by Crippen LogP contribution is 2.44. The molecule has 0 saturated carbocycles. The molecule has 0 fully saturated rings. The molecule has 0 amide bonds. The van der Waals surface area contributed by atoms with E-state index in [9.17, 15) is 5.26 Å². The molecule has 0 N–H and O–H groups in total. The van der Waals surface area contributed by atoms with Gasteiger partial charge in [-0.15, -0.1) is 11.3 Å². The summed E-state index contributed by atoms with van der Waals surface area (Å²) in [6, 6.07) is 7.88. The molecule has 1 aromatic carbocycles. The van der Waals surface area contributed by atoms with Gasteiger partial charge in [0.25, 0.3) is 0 Å². The average molecular weight is 401 g/mol. The van der Waals surface area contributed by atoms with Crippen LogP contribution in [0.5, 0.6) is 5.75 Å². The Bertz CT molecular complexity index is 902. The van der Waals surface area contributed by atoms with Crippen LogP contribution >= 0.6 is 22.9 Å². The summed E-state index contributed by atoms with van der Waals surface area (Å²) >= 11 is 7.79.